The summed E-state index contributed by atoms with van der Waals surface area (Å²) in [6, 6.07) is 2.15. The van der Waals surface area contributed by atoms with Gasteiger partial charge in [0.05, 0.1) is 5.02 Å². The molecule has 0 aliphatic rings. The lowest BCUT2D eigenvalue weighted by atomic mass is 10.1. The molecule has 0 aliphatic heterocycles. The van der Waals surface area contributed by atoms with Crippen LogP contribution in [-0.2, 0) is 6.42 Å². The van der Waals surface area contributed by atoms with Gasteiger partial charge >= 0.3 is 0 Å². The van der Waals surface area contributed by atoms with Crippen molar-refractivity contribution in [2.75, 3.05) is 7.05 Å². The van der Waals surface area contributed by atoms with E-state index in [0.29, 0.717) is 0 Å². The second-order valence-electron chi connectivity index (χ2n) is 3.21. The van der Waals surface area contributed by atoms with Gasteiger partial charge < -0.3 is 10.3 Å². The molecule has 0 aliphatic carbocycles. The highest BCUT2D eigenvalue weighted by atomic mass is 35.5. The SMILES string of the molecule is CNC(Cc1ncc[nH]1)c1sccc1Cl. The van der Waals surface area contributed by atoms with E-state index in [1.54, 1.807) is 17.5 Å². The van der Waals surface area contributed by atoms with Crippen molar-refractivity contribution in [1.29, 1.82) is 0 Å². The zero-order chi connectivity index (χ0) is 10.7. The van der Waals surface area contributed by atoms with Crippen molar-refractivity contribution >= 4 is 22.9 Å². The first-order chi connectivity index (χ1) is 7.31. The van der Waals surface area contributed by atoms with Gasteiger partial charge in [0.2, 0.25) is 0 Å². The third-order valence-corrected chi connectivity index (χ3v) is 3.73. The Morgan fingerprint density at radius 1 is 1.67 bits per heavy atom. The molecule has 0 saturated carbocycles. The fourth-order valence-electron chi connectivity index (χ4n) is 1.48. The van der Waals surface area contributed by atoms with Crippen LogP contribution in [0, 0.1) is 0 Å². The Labute approximate surface area is 97.5 Å². The summed E-state index contributed by atoms with van der Waals surface area (Å²) in [6.45, 7) is 0. The standard InChI is InChI=1S/C10H12ClN3S/c1-12-8(6-9-13-3-4-14-9)10-7(11)2-5-15-10/h2-5,8,12H,6H2,1H3,(H,13,14). The maximum Gasteiger partial charge on any atom is 0.107 e. The Morgan fingerprint density at radius 3 is 3.07 bits per heavy atom. The molecule has 2 aromatic rings. The van der Waals surface area contributed by atoms with Crippen molar-refractivity contribution in [1.82, 2.24) is 15.3 Å². The van der Waals surface area contributed by atoms with E-state index in [9.17, 15) is 0 Å². The van der Waals surface area contributed by atoms with Crippen LogP contribution in [0.15, 0.2) is 23.8 Å². The lowest BCUT2D eigenvalue weighted by Crippen LogP contribution is -2.18. The highest BCUT2D eigenvalue weighted by Gasteiger charge is 2.15. The summed E-state index contributed by atoms with van der Waals surface area (Å²) < 4.78 is 0. The van der Waals surface area contributed by atoms with Crippen molar-refractivity contribution in [3.8, 4) is 0 Å². The largest absolute Gasteiger partial charge is 0.349 e. The van der Waals surface area contributed by atoms with E-state index in [1.165, 1.54) is 0 Å². The highest BCUT2D eigenvalue weighted by molar-refractivity contribution is 7.10. The van der Waals surface area contributed by atoms with E-state index in [-0.39, 0.29) is 6.04 Å². The molecule has 0 spiro atoms. The van der Waals surface area contributed by atoms with Gasteiger partial charge in [-0.1, -0.05) is 11.6 Å². The second kappa shape index (κ2) is 4.79. The smallest absolute Gasteiger partial charge is 0.107 e. The molecule has 2 N–H and O–H groups in total. The first-order valence-electron chi connectivity index (χ1n) is 4.69. The molecule has 5 heteroatoms. The number of H-pyrrole nitrogens is 1. The molecule has 2 rings (SSSR count). The van der Waals surface area contributed by atoms with Gasteiger partial charge in [0.15, 0.2) is 0 Å². The monoisotopic (exact) mass is 241 g/mol. The van der Waals surface area contributed by atoms with Crippen LogP contribution in [0.25, 0.3) is 0 Å². The zero-order valence-corrected chi connectivity index (χ0v) is 9.90. The fourth-order valence-corrected chi connectivity index (χ4v) is 2.78. The van der Waals surface area contributed by atoms with E-state index in [0.717, 1.165) is 22.1 Å². The lowest BCUT2D eigenvalue weighted by molar-refractivity contribution is 0.587. The summed E-state index contributed by atoms with van der Waals surface area (Å²) in [4.78, 5) is 8.47. The van der Waals surface area contributed by atoms with Gasteiger partial charge in [-0.2, -0.15) is 0 Å². The average molecular weight is 242 g/mol. The summed E-state index contributed by atoms with van der Waals surface area (Å²) in [5, 5.41) is 6.08. The minimum Gasteiger partial charge on any atom is -0.349 e. The summed E-state index contributed by atoms with van der Waals surface area (Å²) in [6.07, 6.45) is 4.42. The summed E-state index contributed by atoms with van der Waals surface area (Å²) >= 11 is 7.76. The van der Waals surface area contributed by atoms with E-state index in [2.05, 4.69) is 15.3 Å². The summed E-state index contributed by atoms with van der Waals surface area (Å²) in [5.41, 5.74) is 0. The molecule has 80 valence electrons. The van der Waals surface area contributed by atoms with Crippen LogP contribution in [0.4, 0.5) is 0 Å². The molecule has 1 unspecified atom stereocenters. The highest BCUT2D eigenvalue weighted by Crippen LogP contribution is 2.29. The van der Waals surface area contributed by atoms with E-state index in [4.69, 9.17) is 11.6 Å². The normalized spacial score (nSPS) is 12.9. The topological polar surface area (TPSA) is 40.7 Å². The number of nitrogens with zero attached hydrogens (tertiary/aromatic N) is 1. The van der Waals surface area contributed by atoms with Crippen molar-refractivity contribution < 1.29 is 0 Å². The van der Waals surface area contributed by atoms with Crippen LogP contribution in [-0.4, -0.2) is 17.0 Å². The van der Waals surface area contributed by atoms with Crippen LogP contribution in [0.5, 0.6) is 0 Å². The van der Waals surface area contributed by atoms with Crippen molar-refractivity contribution in [3.05, 3.63) is 39.6 Å². The number of thiophene rings is 1. The zero-order valence-electron chi connectivity index (χ0n) is 8.33. The second-order valence-corrected chi connectivity index (χ2v) is 4.57. The lowest BCUT2D eigenvalue weighted by Gasteiger charge is -2.13. The fraction of sp³-hybridized carbons (Fsp3) is 0.300. The predicted octanol–water partition coefficient (Wildman–Crippen LogP) is 2.63. The number of halogens is 1. The number of nitrogens with one attached hydrogen (secondary N) is 2. The van der Waals surface area contributed by atoms with Gasteiger partial charge in [0.1, 0.15) is 5.82 Å². The Kier molecular flexibility index (Phi) is 3.41. The van der Waals surface area contributed by atoms with Crippen molar-refractivity contribution in [2.24, 2.45) is 0 Å². The van der Waals surface area contributed by atoms with Gasteiger partial charge in [-0.15, -0.1) is 11.3 Å². The van der Waals surface area contributed by atoms with E-state index in [1.807, 2.05) is 24.7 Å². The first kappa shape index (κ1) is 10.7. The quantitative estimate of drug-likeness (QED) is 0.864. The summed E-state index contributed by atoms with van der Waals surface area (Å²) in [7, 11) is 1.93. The Hall–Kier alpha value is -0.840. The average Bonchev–Trinajstić information content (AvgIpc) is 2.85. The van der Waals surface area contributed by atoms with Crippen LogP contribution in [0.2, 0.25) is 5.02 Å². The number of hydrogen-bond donors (Lipinski definition) is 2. The minimum absolute atomic E-state index is 0.226. The molecule has 2 aromatic heterocycles. The number of aromatic amines is 1. The van der Waals surface area contributed by atoms with Crippen LogP contribution in [0.3, 0.4) is 0 Å². The minimum atomic E-state index is 0.226. The van der Waals surface area contributed by atoms with Crippen LogP contribution < -0.4 is 5.32 Å². The molecular weight excluding hydrogens is 230 g/mol. The molecule has 1 atom stereocenters. The molecule has 2 heterocycles. The van der Waals surface area contributed by atoms with E-state index < -0.39 is 0 Å². The van der Waals surface area contributed by atoms with Crippen LogP contribution >= 0.6 is 22.9 Å². The molecule has 0 fully saturated rings. The third kappa shape index (κ3) is 2.40. The number of hydrogen-bond acceptors (Lipinski definition) is 3. The maximum atomic E-state index is 6.09. The van der Waals surface area contributed by atoms with Crippen molar-refractivity contribution in [2.45, 2.75) is 12.5 Å². The van der Waals surface area contributed by atoms with Crippen LogP contribution in [0.1, 0.15) is 16.7 Å². The number of imidazole rings is 1. The summed E-state index contributed by atoms with van der Waals surface area (Å²) in [5.74, 6) is 0.971. The number of rotatable bonds is 4. The Balaban J connectivity index is 2.15. The third-order valence-electron chi connectivity index (χ3n) is 2.26. The Morgan fingerprint density at radius 2 is 2.53 bits per heavy atom. The van der Waals surface area contributed by atoms with Gasteiger partial charge in [-0.25, -0.2) is 4.98 Å². The molecule has 0 radical (unpaired) electrons. The van der Waals surface area contributed by atoms with Gasteiger partial charge in [-0.3, -0.25) is 0 Å². The molecular formula is C10H12ClN3S. The Bertz CT molecular complexity index is 410. The first-order valence-corrected chi connectivity index (χ1v) is 5.95. The molecule has 0 amide bonds. The molecule has 3 nitrogen and oxygen atoms in total. The van der Waals surface area contributed by atoms with Gasteiger partial charge in [0.25, 0.3) is 0 Å². The molecule has 0 aromatic carbocycles. The van der Waals surface area contributed by atoms with Gasteiger partial charge in [0, 0.05) is 29.7 Å². The molecule has 0 bridgehead atoms. The maximum absolute atomic E-state index is 6.09. The van der Waals surface area contributed by atoms with Crippen molar-refractivity contribution in [3.63, 3.8) is 0 Å². The van der Waals surface area contributed by atoms with Gasteiger partial charge in [-0.05, 0) is 18.5 Å². The molecule has 15 heavy (non-hydrogen) atoms. The number of aromatic nitrogens is 2. The number of likely N-dealkylation sites (N-methyl/N-ethyl adjacent to an activating group) is 1. The van der Waals surface area contributed by atoms with E-state index >= 15 is 0 Å². The predicted molar refractivity (Wildman–Crippen MR) is 63.4 cm³/mol. The molecule has 0 saturated heterocycles.